The SMILES string of the molecule is O=C(O)CCc1ccc(OCCCN2C(=O)c3ccccc3C2=O)cc1. The number of aryl methyl sites for hydroxylation is 1. The van der Waals surface area contributed by atoms with E-state index in [1.807, 2.05) is 12.1 Å². The van der Waals surface area contributed by atoms with Crippen molar-refractivity contribution in [3.63, 3.8) is 0 Å². The summed E-state index contributed by atoms with van der Waals surface area (Å²) in [5, 5.41) is 8.68. The number of carbonyl (C=O) groups excluding carboxylic acids is 2. The third-order valence-electron chi connectivity index (χ3n) is 4.22. The van der Waals surface area contributed by atoms with E-state index in [1.165, 1.54) is 4.90 Å². The molecule has 0 unspecified atom stereocenters. The molecular formula is C20H19NO5. The van der Waals surface area contributed by atoms with Crippen LogP contribution in [0.4, 0.5) is 0 Å². The molecular weight excluding hydrogens is 334 g/mol. The standard InChI is InChI=1S/C20H19NO5/c22-18(23)11-8-14-6-9-15(10-7-14)26-13-3-12-21-19(24)16-4-1-2-5-17(16)20(21)25/h1-2,4-7,9-10H,3,8,11-13H2,(H,22,23). The summed E-state index contributed by atoms with van der Waals surface area (Å²) in [6.07, 6.45) is 1.11. The molecule has 0 aliphatic carbocycles. The van der Waals surface area contributed by atoms with Gasteiger partial charge in [-0.05, 0) is 42.7 Å². The molecule has 0 saturated carbocycles. The Morgan fingerprint density at radius 2 is 1.58 bits per heavy atom. The van der Waals surface area contributed by atoms with Gasteiger partial charge >= 0.3 is 5.97 Å². The fourth-order valence-electron chi connectivity index (χ4n) is 2.86. The maximum Gasteiger partial charge on any atom is 0.303 e. The van der Waals surface area contributed by atoms with Gasteiger partial charge in [0.1, 0.15) is 5.75 Å². The van der Waals surface area contributed by atoms with Gasteiger partial charge in [-0.25, -0.2) is 0 Å². The number of ether oxygens (including phenoxy) is 1. The number of carbonyl (C=O) groups is 3. The van der Waals surface area contributed by atoms with Crippen LogP contribution in [0.5, 0.6) is 5.75 Å². The lowest BCUT2D eigenvalue weighted by atomic mass is 10.1. The number of hydrogen-bond acceptors (Lipinski definition) is 4. The van der Waals surface area contributed by atoms with Crippen LogP contribution in [0.1, 0.15) is 39.1 Å². The third kappa shape index (κ3) is 3.91. The maximum atomic E-state index is 12.2. The third-order valence-corrected chi connectivity index (χ3v) is 4.22. The molecule has 134 valence electrons. The van der Waals surface area contributed by atoms with Crippen LogP contribution in [-0.4, -0.2) is 40.9 Å². The molecule has 1 aliphatic heterocycles. The van der Waals surface area contributed by atoms with Crippen molar-refractivity contribution in [3.8, 4) is 5.75 Å². The Hall–Kier alpha value is -3.15. The summed E-state index contributed by atoms with van der Waals surface area (Å²) in [5.74, 6) is -0.660. The van der Waals surface area contributed by atoms with E-state index in [-0.39, 0.29) is 18.2 Å². The van der Waals surface area contributed by atoms with Gasteiger partial charge in [0.15, 0.2) is 0 Å². The van der Waals surface area contributed by atoms with Gasteiger partial charge in [-0.15, -0.1) is 0 Å². The predicted octanol–water partition coefficient (Wildman–Crippen LogP) is 2.77. The minimum absolute atomic E-state index is 0.0977. The molecule has 0 spiro atoms. The summed E-state index contributed by atoms with van der Waals surface area (Å²) in [6, 6.07) is 14.1. The largest absolute Gasteiger partial charge is 0.494 e. The van der Waals surface area contributed by atoms with Crippen LogP contribution in [-0.2, 0) is 11.2 Å². The molecule has 3 rings (SSSR count). The number of amides is 2. The smallest absolute Gasteiger partial charge is 0.303 e. The van der Waals surface area contributed by atoms with E-state index in [9.17, 15) is 14.4 Å². The van der Waals surface area contributed by atoms with Crippen molar-refractivity contribution in [2.24, 2.45) is 0 Å². The lowest BCUT2D eigenvalue weighted by molar-refractivity contribution is -0.136. The fourth-order valence-corrected chi connectivity index (χ4v) is 2.86. The van der Waals surface area contributed by atoms with Crippen LogP contribution >= 0.6 is 0 Å². The van der Waals surface area contributed by atoms with E-state index >= 15 is 0 Å². The second kappa shape index (κ2) is 7.82. The first kappa shape index (κ1) is 17.7. The molecule has 1 N–H and O–H groups in total. The summed E-state index contributed by atoms with van der Waals surface area (Å²) >= 11 is 0. The Morgan fingerprint density at radius 1 is 0.962 bits per heavy atom. The number of benzene rings is 2. The molecule has 0 radical (unpaired) electrons. The van der Waals surface area contributed by atoms with Gasteiger partial charge in [0.05, 0.1) is 17.7 Å². The van der Waals surface area contributed by atoms with Gasteiger partial charge < -0.3 is 9.84 Å². The Balaban J connectivity index is 1.45. The van der Waals surface area contributed by atoms with Crippen molar-refractivity contribution < 1.29 is 24.2 Å². The minimum Gasteiger partial charge on any atom is -0.494 e. The first-order valence-electron chi connectivity index (χ1n) is 8.45. The Morgan fingerprint density at radius 3 is 2.15 bits per heavy atom. The van der Waals surface area contributed by atoms with E-state index in [4.69, 9.17) is 9.84 Å². The van der Waals surface area contributed by atoms with Crippen LogP contribution in [0.25, 0.3) is 0 Å². The molecule has 6 heteroatoms. The van der Waals surface area contributed by atoms with Crippen molar-refractivity contribution in [3.05, 3.63) is 65.2 Å². The minimum atomic E-state index is -0.821. The molecule has 0 fully saturated rings. The highest BCUT2D eigenvalue weighted by Crippen LogP contribution is 2.22. The molecule has 0 aromatic heterocycles. The van der Waals surface area contributed by atoms with Crippen LogP contribution in [0.15, 0.2) is 48.5 Å². The van der Waals surface area contributed by atoms with Gasteiger partial charge in [0, 0.05) is 13.0 Å². The van der Waals surface area contributed by atoms with E-state index in [2.05, 4.69) is 0 Å². The average molecular weight is 353 g/mol. The second-order valence-electron chi connectivity index (χ2n) is 6.05. The summed E-state index contributed by atoms with van der Waals surface area (Å²) in [6.45, 7) is 0.685. The fraction of sp³-hybridized carbons (Fsp3) is 0.250. The number of imide groups is 1. The topological polar surface area (TPSA) is 83.9 Å². The van der Waals surface area contributed by atoms with Crippen molar-refractivity contribution >= 4 is 17.8 Å². The zero-order chi connectivity index (χ0) is 18.5. The lowest BCUT2D eigenvalue weighted by Crippen LogP contribution is -2.31. The number of carboxylic acids is 1. The highest BCUT2D eigenvalue weighted by molar-refractivity contribution is 6.21. The van der Waals surface area contributed by atoms with Gasteiger partial charge in [-0.3, -0.25) is 19.3 Å². The number of carboxylic acid groups (broad SMARTS) is 1. The number of aliphatic carboxylic acids is 1. The molecule has 0 atom stereocenters. The van der Waals surface area contributed by atoms with Gasteiger partial charge in [0.25, 0.3) is 11.8 Å². The zero-order valence-electron chi connectivity index (χ0n) is 14.2. The molecule has 2 amide bonds. The van der Waals surface area contributed by atoms with Crippen LogP contribution in [0.2, 0.25) is 0 Å². The summed E-state index contributed by atoms with van der Waals surface area (Å²) in [5.41, 5.74) is 1.84. The molecule has 2 aromatic carbocycles. The summed E-state index contributed by atoms with van der Waals surface area (Å²) in [7, 11) is 0. The molecule has 1 heterocycles. The molecule has 0 bridgehead atoms. The highest BCUT2D eigenvalue weighted by Gasteiger charge is 2.34. The van der Waals surface area contributed by atoms with E-state index < -0.39 is 5.97 Å². The van der Waals surface area contributed by atoms with Crippen LogP contribution in [0.3, 0.4) is 0 Å². The van der Waals surface area contributed by atoms with E-state index in [0.29, 0.717) is 42.9 Å². The normalized spacial score (nSPS) is 13.0. The maximum absolute atomic E-state index is 12.2. The average Bonchev–Trinajstić information content (AvgIpc) is 2.89. The molecule has 26 heavy (non-hydrogen) atoms. The van der Waals surface area contributed by atoms with Crippen molar-refractivity contribution in [2.45, 2.75) is 19.3 Å². The number of hydrogen-bond donors (Lipinski definition) is 1. The predicted molar refractivity (Wildman–Crippen MR) is 94.3 cm³/mol. The Kier molecular flexibility index (Phi) is 5.31. The number of rotatable bonds is 8. The molecule has 0 saturated heterocycles. The van der Waals surface area contributed by atoms with E-state index in [1.54, 1.807) is 36.4 Å². The summed E-state index contributed by atoms with van der Waals surface area (Å²) in [4.78, 5) is 36.3. The summed E-state index contributed by atoms with van der Waals surface area (Å²) < 4.78 is 5.63. The van der Waals surface area contributed by atoms with Crippen molar-refractivity contribution in [1.29, 1.82) is 0 Å². The lowest BCUT2D eigenvalue weighted by Gasteiger charge is -2.14. The first-order chi connectivity index (χ1) is 12.6. The van der Waals surface area contributed by atoms with Gasteiger partial charge in [-0.1, -0.05) is 24.3 Å². The Labute approximate surface area is 151 Å². The van der Waals surface area contributed by atoms with Gasteiger partial charge in [-0.2, -0.15) is 0 Å². The number of nitrogens with zero attached hydrogens (tertiary/aromatic N) is 1. The van der Waals surface area contributed by atoms with Crippen LogP contribution < -0.4 is 4.74 Å². The first-order valence-corrected chi connectivity index (χ1v) is 8.45. The van der Waals surface area contributed by atoms with Crippen molar-refractivity contribution in [2.75, 3.05) is 13.2 Å². The van der Waals surface area contributed by atoms with Gasteiger partial charge in [0.2, 0.25) is 0 Å². The highest BCUT2D eigenvalue weighted by atomic mass is 16.5. The molecule has 2 aromatic rings. The second-order valence-corrected chi connectivity index (χ2v) is 6.05. The quantitative estimate of drug-likeness (QED) is 0.583. The zero-order valence-corrected chi connectivity index (χ0v) is 14.2. The van der Waals surface area contributed by atoms with Crippen LogP contribution in [0, 0.1) is 0 Å². The monoisotopic (exact) mass is 353 g/mol. The molecule has 6 nitrogen and oxygen atoms in total. The molecule has 1 aliphatic rings. The van der Waals surface area contributed by atoms with Crippen molar-refractivity contribution in [1.82, 2.24) is 4.90 Å². The number of fused-ring (bicyclic) bond motifs is 1. The van der Waals surface area contributed by atoms with E-state index in [0.717, 1.165) is 5.56 Å². The Bertz CT molecular complexity index is 793.